The van der Waals surface area contributed by atoms with Crippen LogP contribution in [0.4, 0.5) is 0 Å². The van der Waals surface area contributed by atoms with E-state index in [2.05, 4.69) is 33.2 Å². The number of aromatic nitrogens is 3. The Hall–Kier alpha value is -2.31. The van der Waals surface area contributed by atoms with Crippen LogP contribution in [0.25, 0.3) is 11.4 Å². The van der Waals surface area contributed by atoms with Crippen molar-refractivity contribution in [2.75, 3.05) is 6.54 Å². The van der Waals surface area contributed by atoms with Crippen LogP contribution in [0.3, 0.4) is 0 Å². The average Bonchev–Trinajstić information content (AvgIpc) is 3.00. The van der Waals surface area contributed by atoms with Crippen LogP contribution < -0.4 is 5.56 Å². The standard InChI is InChI=1S/C18H18N4OS/c1-12-8-14(24-11-12)9-22-7-4-15-16(10-22)20-17(21-18(15)23)13-2-5-19-6-3-13/h2-3,5-6,8,11H,4,7,9-10H2,1H3,(H,20,21,23). The van der Waals surface area contributed by atoms with E-state index < -0.39 is 0 Å². The lowest BCUT2D eigenvalue weighted by Gasteiger charge is -2.27. The fraction of sp³-hybridized carbons (Fsp3) is 0.278. The van der Waals surface area contributed by atoms with Crippen molar-refractivity contribution >= 4 is 11.3 Å². The average molecular weight is 338 g/mol. The summed E-state index contributed by atoms with van der Waals surface area (Å²) in [6.07, 6.45) is 4.17. The summed E-state index contributed by atoms with van der Waals surface area (Å²) in [7, 11) is 0. The highest BCUT2D eigenvalue weighted by Gasteiger charge is 2.21. The van der Waals surface area contributed by atoms with Crippen molar-refractivity contribution in [2.24, 2.45) is 0 Å². The highest BCUT2D eigenvalue weighted by molar-refractivity contribution is 7.10. The Morgan fingerprint density at radius 3 is 2.92 bits per heavy atom. The van der Waals surface area contributed by atoms with Gasteiger partial charge in [0.25, 0.3) is 5.56 Å². The van der Waals surface area contributed by atoms with Crippen LogP contribution in [0.5, 0.6) is 0 Å². The highest BCUT2D eigenvalue weighted by atomic mass is 32.1. The summed E-state index contributed by atoms with van der Waals surface area (Å²) in [6.45, 7) is 4.64. The molecule has 0 fully saturated rings. The molecule has 0 unspecified atom stereocenters. The Bertz CT molecular complexity index is 916. The van der Waals surface area contributed by atoms with Gasteiger partial charge in [0.15, 0.2) is 0 Å². The monoisotopic (exact) mass is 338 g/mol. The minimum atomic E-state index is -0.0153. The molecular formula is C18H18N4OS. The molecule has 3 aromatic heterocycles. The van der Waals surface area contributed by atoms with E-state index in [0.29, 0.717) is 12.4 Å². The molecule has 0 bridgehead atoms. The second kappa shape index (κ2) is 6.30. The van der Waals surface area contributed by atoms with E-state index in [1.54, 1.807) is 23.7 Å². The lowest BCUT2D eigenvalue weighted by molar-refractivity contribution is 0.242. The topological polar surface area (TPSA) is 61.9 Å². The number of nitrogens with zero attached hydrogens (tertiary/aromatic N) is 3. The van der Waals surface area contributed by atoms with Gasteiger partial charge in [-0.1, -0.05) is 0 Å². The second-order valence-corrected chi connectivity index (χ2v) is 7.12. The first kappa shape index (κ1) is 15.2. The molecule has 0 spiro atoms. The Morgan fingerprint density at radius 1 is 1.33 bits per heavy atom. The number of hydrogen-bond acceptors (Lipinski definition) is 5. The molecule has 0 aliphatic carbocycles. The van der Waals surface area contributed by atoms with Gasteiger partial charge in [0.05, 0.1) is 5.69 Å². The van der Waals surface area contributed by atoms with Gasteiger partial charge in [-0.2, -0.15) is 0 Å². The van der Waals surface area contributed by atoms with Crippen LogP contribution in [-0.4, -0.2) is 26.4 Å². The number of nitrogens with one attached hydrogen (secondary N) is 1. The first-order chi connectivity index (χ1) is 11.7. The maximum Gasteiger partial charge on any atom is 0.254 e. The first-order valence-corrected chi connectivity index (χ1v) is 8.86. The molecule has 0 saturated carbocycles. The summed E-state index contributed by atoms with van der Waals surface area (Å²) in [5.74, 6) is 0.620. The maximum atomic E-state index is 12.4. The summed E-state index contributed by atoms with van der Waals surface area (Å²) in [6, 6.07) is 5.95. The molecule has 5 nitrogen and oxygen atoms in total. The largest absolute Gasteiger partial charge is 0.306 e. The molecule has 0 aromatic carbocycles. The van der Waals surface area contributed by atoms with Crippen LogP contribution in [0.2, 0.25) is 0 Å². The molecule has 1 N–H and O–H groups in total. The Labute approximate surface area is 144 Å². The third-order valence-electron chi connectivity index (χ3n) is 4.27. The number of hydrogen-bond donors (Lipinski definition) is 1. The summed E-state index contributed by atoms with van der Waals surface area (Å²) in [5, 5.41) is 2.18. The predicted octanol–water partition coefficient (Wildman–Crippen LogP) is 2.76. The van der Waals surface area contributed by atoms with E-state index in [1.807, 2.05) is 12.1 Å². The minimum absolute atomic E-state index is 0.0153. The number of thiophene rings is 1. The van der Waals surface area contributed by atoms with Gasteiger partial charge in [0.1, 0.15) is 5.82 Å². The van der Waals surface area contributed by atoms with E-state index >= 15 is 0 Å². The zero-order chi connectivity index (χ0) is 16.5. The molecule has 24 heavy (non-hydrogen) atoms. The van der Waals surface area contributed by atoms with Gasteiger partial charge in [-0.15, -0.1) is 11.3 Å². The van der Waals surface area contributed by atoms with Crippen molar-refractivity contribution in [1.29, 1.82) is 0 Å². The van der Waals surface area contributed by atoms with Crippen molar-refractivity contribution in [3.8, 4) is 11.4 Å². The van der Waals surface area contributed by atoms with Crippen molar-refractivity contribution in [3.63, 3.8) is 0 Å². The van der Waals surface area contributed by atoms with E-state index in [0.717, 1.165) is 36.3 Å². The first-order valence-electron chi connectivity index (χ1n) is 7.98. The number of aryl methyl sites for hydroxylation is 1. The van der Waals surface area contributed by atoms with Gasteiger partial charge in [0.2, 0.25) is 0 Å². The Morgan fingerprint density at radius 2 is 2.17 bits per heavy atom. The fourth-order valence-corrected chi connectivity index (χ4v) is 3.99. The van der Waals surface area contributed by atoms with E-state index in [9.17, 15) is 4.79 Å². The van der Waals surface area contributed by atoms with Gasteiger partial charge in [0, 0.05) is 48.0 Å². The maximum absolute atomic E-state index is 12.4. The SMILES string of the molecule is Cc1csc(CN2CCc3c(nc(-c4ccncc4)[nH]c3=O)C2)c1. The smallest absolute Gasteiger partial charge is 0.254 e. The van der Waals surface area contributed by atoms with Gasteiger partial charge in [-0.3, -0.25) is 14.7 Å². The van der Waals surface area contributed by atoms with Crippen LogP contribution in [0, 0.1) is 6.92 Å². The molecule has 1 aliphatic rings. The third-order valence-corrected chi connectivity index (χ3v) is 5.31. The second-order valence-electron chi connectivity index (χ2n) is 6.13. The van der Waals surface area contributed by atoms with Gasteiger partial charge < -0.3 is 4.98 Å². The van der Waals surface area contributed by atoms with Gasteiger partial charge in [-0.05, 0) is 42.5 Å². The van der Waals surface area contributed by atoms with E-state index in [-0.39, 0.29) is 5.56 Å². The number of rotatable bonds is 3. The molecule has 6 heteroatoms. The van der Waals surface area contributed by atoms with Crippen molar-refractivity contribution in [3.05, 3.63) is 68.0 Å². The third kappa shape index (κ3) is 3.02. The van der Waals surface area contributed by atoms with Crippen LogP contribution in [0.15, 0.2) is 40.8 Å². The van der Waals surface area contributed by atoms with Crippen molar-refractivity contribution in [1.82, 2.24) is 19.9 Å². The van der Waals surface area contributed by atoms with Crippen LogP contribution >= 0.6 is 11.3 Å². The molecule has 0 saturated heterocycles. The zero-order valence-electron chi connectivity index (χ0n) is 13.5. The van der Waals surface area contributed by atoms with Crippen LogP contribution in [0.1, 0.15) is 21.7 Å². The molecule has 4 rings (SSSR count). The zero-order valence-corrected chi connectivity index (χ0v) is 14.3. The molecule has 1 aliphatic heterocycles. The summed E-state index contributed by atoms with van der Waals surface area (Å²) < 4.78 is 0. The van der Waals surface area contributed by atoms with Gasteiger partial charge in [-0.25, -0.2) is 4.98 Å². The molecule has 0 radical (unpaired) electrons. The summed E-state index contributed by atoms with van der Waals surface area (Å²) >= 11 is 1.79. The minimum Gasteiger partial charge on any atom is -0.306 e. The lowest BCUT2D eigenvalue weighted by atomic mass is 10.1. The van der Waals surface area contributed by atoms with Crippen molar-refractivity contribution in [2.45, 2.75) is 26.4 Å². The number of aromatic amines is 1. The molecule has 0 amide bonds. The van der Waals surface area contributed by atoms with E-state index in [1.165, 1.54) is 10.4 Å². The predicted molar refractivity (Wildman–Crippen MR) is 95.0 cm³/mol. The van der Waals surface area contributed by atoms with E-state index in [4.69, 9.17) is 4.98 Å². The highest BCUT2D eigenvalue weighted by Crippen LogP contribution is 2.22. The van der Waals surface area contributed by atoms with Crippen molar-refractivity contribution < 1.29 is 0 Å². The molecular weight excluding hydrogens is 320 g/mol. The van der Waals surface area contributed by atoms with Crippen LogP contribution in [-0.2, 0) is 19.5 Å². The fourth-order valence-electron chi connectivity index (χ4n) is 3.07. The molecule has 3 aromatic rings. The molecule has 0 atom stereocenters. The number of pyridine rings is 1. The Kier molecular flexibility index (Phi) is 4.00. The Balaban J connectivity index is 1.62. The van der Waals surface area contributed by atoms with Gasteiger partial charge >= 0.3 is 0 Å². The summed E-state index contributed by atoms with van der Waals surface area (Å²) in [4.78, 5) is 27.8. The normalized spacial score (nSPS) is 14.5. The summed E-state index contributed by atoms with van der Waals surface area (Å²) in [5.41, 5.74) is 3.90. The lowest BCUT2D eigenvalue weighted by Crippen LogP contribution is -2.34. The molecule has 4 heterocycles. The molecule has 122 valence electrons. The number of fused-ring (bicyclic) bond motifs is 1. The number of H-pyrrole nitrogens is 1. The quantitative estimate of drug-likeness (QED) is 0.798.